The SMILES string of the molecule is C=C(C)C#N.C=CC#N.C=CC(=O)OCCN(CC)CC.C=CC(=O)OCCOC(=O)C=C.C=CC(=O)OCCOc1c(Br)cc(Br)cc1Br.C=CC=C.C=COC.C=COCCC.C=COCCCC.C=Cc1ccc(O)cc1.C=Cc1ccccc1. The molecule has 0 radical (unpaired) electrons. The highest BCUT2D eigenvalue weighted by atomic mass is 79.9. The van der Waals surface area contributed by atoms with Crippen molar-refractivity contribution in [2.24, 2.45) is 0 Å². The molecule has 3 aromatic rings. The summed E-state index contributed by atoms with van der Waals surface area (Å²) in [5, 5.41) is 24.1. The lowest BCUT2D eigenvalue weighted by atomic mass is 10.2. The Labute approximate surface area is 552 Å². The Bertz CT molecular complexity index is 2410. The molecule has 0 atom stereocenters. The topological polar surface area (TPSA) is 213 Å². The number of phenolic OH excluding ortho intramolecular Hbond substituents is 1. The predicted octanol–water partition coefficient (Wildman–Crippen LogP) is 17.4. The van der Waals surface area contributed by atoms with E-state index in [2.05, 4.69) is 180 Å². The van der Waals surface area contributed by atoms with Gasteiger partial charge in [-0.05, 0) is 100 Å². The number of benzene rings is 3. The first-order valence-electron chi connectivity index (χ1n) is 26.7. The largest absolute Gasteiger partial charge is 0.508 e. The quantitative estimate of drug-likeness (QED) is 0.0143. The second-order valence-corrected chi connectivity index (χ2v) is 17.6. The van der Waals surface area contributed by atoms with Crippen LogP contribution in [0.15, 0.2) is 233 Å². The van der Waals surface area contributed by atoms with Crippen molar-refractivity contribution < 1.29 is 62.2 Å². The van der Waals surface area contributed by atoms with Crippen LogP contribution < -0.4 is 4.74 Å². The molecule has 0 saturated carbocycles. The van der Waals surface area contributed by atoms with Crippen molar-refractivity contribution >= 4 is 83.8 Å². The van der Waals surface area contributed by atoms with Gasteiger partial charge in [-0.25, -0.2) is 19.2 Å². The number of methoxy groups -OCH3 is 1. The zero-order valence-corrected chi connectivity index (χ0v) is 57.2. The van der Waals surface area contributed by atoms with Crippen LogP contribution in [0.4, 0.5) is 0 Å². The van der Waals surface area contributed by atoms with Crippen LogP contribution in [-0.2, 0) is 52.3 Å². The zero-order chi connectivity index (χ0) is 69.0. The normalized spacial score (nSPS) is 8.18. The number of hydrogen-bond donors (Lipinski definition) is 1. The Hall–Kier alpha value is -8.46. The van der Waals surface area contributed by atoms with Gasteiger partial charge >= 0.3 is 23.9 Å². The number of ether oxygens (including phenoxy) is 8. The number of rotatable bonds is 27. The minimum atomic E-state index is -0.537. The van der Waals surface area contributed by atoms with Gasteiger partial charge in [0.1, 0.15) is 44.5 Å². The fourth-order valence-corrected chi connectivity index (χ4v) is 6.49. The van der Waals surface area contributed by atoms with Crippen molar-refractivity contribution in [3.8, 4) is 23.6 Å². The lowest BCUT2D eigenvalue weighted by Crippen LogP contribution is -2.27. The van der Waals surface area contributed by atoms with Gasteiger partial charge in [-0.1, -0.05) is 202 Å². The van der Waals surface area contributed by atoms with E-state index in [1.165, 1.54) is 42.9 Å². The first-order chi connectivity index (χ1) is 42.1. The van der Waals surface area contributed by atoms with Crippen molar-refractivity contribution in [1.29, 1.82) is 10.5 Å². The smallest absolute Gasteiger partial charge is 0.330 e. The van der Waals surface area contributed by atoms with Crippen molar-refractivity contribution in [3.05, 3.63) is 244 Å². The van der Waals surface area contributed by atoms with Gasteiger partial charge in [0.2, 0.25) is 0 Å². The monoisotopic (exact) mass is 1410 g/mol. The Balaban J connectivity index is -0.000000138. The molecule has 88 heavy (non-hydrogen) atoms. The van der Waals surface area contributed by atoms with Gasteiger partial charge in [-0.3, -0.25) is 0 Å². The van der Waals surface area contributed by atoms with Gasteiger partial charge in [0.05, 0.1) is 60.2 Å². The first kappa shape index (κ1) is 95.9. The van der Waals surface area contributed by atoms with Crippen molar-refractivity contribution in [3.63, 3.8) is 0 Å². The highest BCUT2D eigenvalue weighted by Gasteiger charge is 2.08. The summed E-state index contributed by atoms with van der Waals surface area (Å²) >= 11 is 10.1. The van der Waals surface area contributed by atoms with Crippen LogP contribution in [0.2, 0.25) is 0 Å². The number of nitriles is 2. The lowest BCUT2D eigenvalue weighted by molar-refractivity contribution is -0.146. The van der Waals surface area contributed by atoms with E-state index in [4.69, 9.17) is 39.3 Å². The highest BCUT2D eigenvalue weighted by Crippen LogP contribution is 2.36. The molecule has 0 aliphatic rings. The molecular formula is C69H94Br3N3O13. The molecule has 0 fully saturated rings. The predicted molar refractivity (Wildman–Crippen MR) is 374 cm³/mol. The molecule has 484 valence electrons. The molecule has 0 aromatic heterocycles. The number of unbranched alkanes of at least 4 members (excludes halogenated alkanes) is 1. The van der Waals surface area contributed by atoms with Crippen LogP contribution in [0.5, 0.6) is 11.5 Å². The Kier molecular flexibility index (Phi) is 87.8. The molecule has 1 N–H and O–H groups in total. The van der Waals surface area contributed by atoms with E-state index in [1.807, 2.05) is 66.7 Å². The van der Waals surface area contributed by atoms with E-state index in [1.54, 1.807) is 50.5 Å². The third-order valence-corrected chi connectivity index (χ3v) is 9.91. The van der Waals surface area contributed by atoms with E-state index < -0.39 is 17.9 Å². The fourth-order valence-electron chi connectivity index (χ4n) is 4.00. The second-order valence-electron chi connectivity index (χ2n) is 15.0. The molecule has 0 spiro atoms. The molecule has 16 nitrogen and oxygen atoms in total. The van der Waals surface area contributed by atoms with Gasteiger partial charge in [0.15, 0.2) is 0 Å². The third-order valence-electron chi connectivity index (χ3n) is 8.27. The maximum atomic E-state index is 10.8. The van der Waals surface area contributed by atoms with Crippen molar-refractivity contribution in [2.45, 2.75) is 53.9 Å². The van der Waals surface area contributed by atoms with Crippen LogP contribution >= 0.6 is 47.8 Å². The van der Waals surface area contributed by atoms with Gasteiger partial charge in [-0.2, -0.15) is 10.5 Å². The molecular weight excluding hydrogens is 1320 g/mol. The number of nitrogens with zero attached hydrogens (tertiary/aromatic N) is 3. The van der Waals surface area contributed by atoms with E-state index in [9.17, 15) is 19.2 Å². The maximum absolute atomic E-state index is 10.8. The van der Waals surface area contributed by atoms with Gasteiger partial charge < -0.3 is 47.9 Å². The number of esters is 4. The summed E-state index contributed by atoms with van der Waals surface area (Å²) in [7, 11) is 1.56. The summed E-state index contributed by atoms with van der Waals surface area (Å²) in [6.07, 6.45) is 20.1. The molecule has 3 rings (SSSR count). The number of carbonyl (C=O) groups is 4. The van der Waals surface area contributed by atoms with Gasteiger partial charge in [0.25, 0.3) is 0 Å². The summed E-state index contributed by atoms with van der Waals surface area (Å²) in [5.74, 6) is -0.914. The van der Waals surface area contributed by atoms with E-state index in [0.29, 0.717) is 23.7 Å². The summed E-state index contributed by atoms with van der Waals surface area (Å²) < 4.78 is 40.6. The van der Waals surface area contributed by atoms with Crippen LogP contribution in [0.1, 0.15) is 65.0 Å². The molecule has 0 saturated heterocycles. The molecule has 0 aliphatic heterocycles. The molecule has 0 amide bonds. The van der Waals surface area contributed by atoms with Crippen molar-refractivity contribution in [1.82, 2.24) is 4.90 Å². The van der Waals surface area contributed by atoms with E-state index in [0.717, 1.165) is 82.9 Å². The molecule has 19 heteroatoms. The van der Waals surface area contributed by atoms with Crippen LogP contribution in [0, 0.1) is 22.7 Å². The average molecular weight is 1410 g/mol. The van der Waals surface area contributed by atoms with E-state index >= 15 is 0 Å². The number of likely N-dealkylation sites (N-methyl/N-ethyl adjacent to an activating group) is 1. The average Bonchev–Trinajstić information content (AvgIpc) is 3.19. The molecule has 0 heterocycles. The zero-order valence-electron chi connectivity index (χ0n) is 52.5. The van der Waals surface area contributed by atoms with Crippen LogP contribution in [0.25, 0.3) is 12.2 Å². The first-order valence-corrected chi connectivity index (χ1v) is 29.1. The molecule has 0 unspecified atom stereocenters. The minimum absolute atomic E-state index is 0.0322. The summed E-state index contributed by atoms with van der Waals surface area (Å²) in [6, 6.07) is 24.2. The standard InChI is InChI=1S/C11H9Br3O3.C9H17NO2.C8H10O4.C8H8O.C8H8.C6H12O.C5H10O.C4H5N.C4H6.C3H3N.C3H6O/c1-2-10(15)16-3-4-17-11-8(13)5-7(12)6-9(11)14;1-4-9(11)12-8-7-10(5-2)6-3;1-3-7(9)11-5-6-12-8(10)4-2;1-2-7-3-5-8(9)6-4-7;1-2-8-6-4-3-5-7-8;1-3-5-6-7-4-2;1-3-5-6-4-2;1-4(2)3-5;1-3-4-2;1-2-3-4;1-3-4-2/h2,5-6H,1,3-4H2;4H,1,5-8H2,2-3H3;3-4H,1-2,5-6H2;2-6,9H,1H2;2-7H,1H2;4H,2-3,5-6H2,1H3;4H,2-3,5H2,1H3;1H2,2H3;3-4H,1-2H2;2H,1H2;3H,1H2,2H3. The van der Waals surface area contributed by atoms with Crippen LogP contribution in [-0.4, -0.2) is 107 Å². The number of allylic oxidation sites excluding steroid dienone is 4. The summed E-state index contributed by atoms with van der Waals surface area (Å²) in [5.41, 5.74) is 2.75. The number of halogens is 3. The Morgan fingerprint density at radius 1 is 0.568 bits per heavy atom. The highest BCUT2D eigenvalue weighted by molar-refractivity contribution is 9.11. The number of hydrogen-bond acceptors (Lipinski definition) is 16. The number of aromatic hydroxyl groups is 1. The maximum Gasteiger partial charge on any atom is 0.330 e. The van der Waals surface area contributed by atoms with Crippen molar-refractivity contribution in [2.75, 3.05) is 73.0 Å². The second kappa shape index (κ2) is 80.6. The van der Waals surface area contributed by atoms with Gasteiger partial charge in [-0.15, -0.1) is 0 Å². The van der Waals surface area contributed by atoms with Crippen LogP contribution in [0.3, 0.4) is 0 Å². The Morgan fingerprint density at radius 2 is 0.943 bits per heavy atom. The minimum Gasteiger partial charge on any atom is -0.508 e. The third kappa shape index (κ3) is 84.0. The molecule has 0 aliphatic carbocycles. The number of carbonyl (C=O) groups excluding carboxylic acids is 4. The lowest BCUT2D eigenvalue weighted by Gasteiger charge is -2.16. The summed E-state index contributed by atoms with van der Waals surface area (Å²) in [6.45, 7) is 58.8. The van der Waals surface area contributed by atoms with E-state index in [-0.39, 0.29) is 32.4 Å². The fraction of sp³-hybridized carbons (Fsp3) is 0.275. The Morgan fingerprint density at radius 3 is 1.23 bits per heavy atom. The molecule has 3 aromatic carbocycles. The van der Waals surface area contributed by atoms with Gasteiger partial charge in [0, 0.05) is 47.0 Å². The summed E-state index contributed by atoms with van der Waals surface area (Å²) in [4.78, 5) is 44.4. The number of phenols is 1. The molecule has 0 bridgehead atoms.